The Labute approximate surface area is 86.3 Å². The Morgan fingerprint density at radius 3 is 3.07 bits per heavy atom. The lowest BCUT2D eigenvalue weighted by Gasteiger charge is -2.03. The Morgan fingerprint density at radius 1 is 1.64 bits per heavy atom. The minimum atomic E-state index is -0.615. The van der Waals surface area contributed by atoms with Crippen molar-refractivity contribution in [2.75, 3.05) is 12.4 Å². The molecule has 0 spiro atoms. The van der Waals surface area contributed by atoms with Gasteiger partial charge in [0, 0.05) is 18.6 Å². The molecule has 1 N–H and O–H groups in total. The highest BCUT2D eigenvalue weighted by molar-refractivity contribution is 6.17. The van der Waals surface area contributed by atoms with E-state index in [9.17, 15) is 9.18 Å². The van der Waals surface area contributed by atoms with E-state index in [1.807, 2.05) is 0 Å². The van der Waals surface area contributed by atoms with Crippen LogP contribution in [0.3, 0.4) is 0 Å². The summed E-state index contributed by atoms with van der Waals surface area (Å²) in [7, 11) is 0. The second kappa shape index (κ2) is 5.54. The number of nitrogens with zero attached hydrogens (tertiary/aromatic N) is 1. The molecule has 0 fully saturated rings. The maximum absolute atomic E-state index is 13.0. The zero-order valence-corrected chi connectivity index (χ0v) is 8.22. The maximum Gasteiger partial charge on any atom is 0.254 e. The Hall–Kier alpha value is -1.16. The first-order chi connectivity index (χ1) is 6.75. The number of hydrogen-bond acceptors (Lipinski definition) is 2. The predicted octanol–water partition coefficient (Wildman–Crippen LogP) is 1.58. The summed E-state index contributed by atoms with van der Waals surface area (Å²) in [5.41, 5.74) is 0.00886. The minimum absolute atomic E-state index is 0.00886. The van der Waals surface area contributed by atoms with Crippen molar-refractivity contribution in [3.05, 3.63) is 29.8 Å². The van der Waals surface area contributed by atoms with Gasteiger partial charge < -0.3 is 5.32 Å². The first-order valence-electron chi connectivity index (χ1n) is 4.19. The molecular formula is C9H10ClFN2O. The van der Waals surface area contributed by atoms with Crippen LogP contribution in [-0.2, 0) is 0 Å². The van der Waals surface area contributed by atoms with E-state index in [2.05, 4.69) is 10.3 Å². The highest BCUT2D eigenvalue weighted by atomic mass is 35.5. The number of pyridine rings is 1. The summed E-state index contributed by atoms with van der Waals surface area (Å²) < 4.78 is 13.0. The molecule has 1 aromatic rings. The number of aromatic nitrogens is 1. The summed E-state index contributed by atoms with van der Waals surface area (Å²) in [6.45, 7) is 0.449. The molecule has 0 atom stereocenters. The van der Waals surface area contributed by atoms with Crippen molar-refractivity contribution in [2.45, 2.75) is 6.42 Å². The summed E-state index contributed by atoms with van der Waals surface area (Å²) in [5, 5.41) is 2.55. The van der Waals surface area contributed by atoms with Crippen LogP contribution in [0, 0.1) is 5.82 Å². The van der Waals surface area contributed by atoms with Gasteiger partial charge in [0.05, 0.1) is 11.8 Å². The van der Waals surface area contributed by atoms with Gasteiger partial charge in [-0.15, -0.1) is 11.6 Å². The van der Waals surface area contributed by atoms with Crippen LogP contribution in [0.25, 0.3) is 0 Å². The summed E-state index contributed by atoms with van der Waals surface area (Å²) in [6.07, 6.45) is 3.05. The zero-order chi connectivity index (χ0) is 10.4. The number of halogens is 2. The smallest absolute Gasteiger partial charge is 0.254 e. The lowest BCUT2D eigenvalue weighted by atomic mass is 10.2. The highest BCUT2D eigenvalue weighted by Crippen LogP contribution is 2.03. The van der Waals surface area contributed by atoms with E-state index in [-0.39, 0.29) is 5.56 Å². The van der Waals surface area contributed by atoms with Crippen molar-refractivity contribution in [3.8, 4) is 0 Å². The number of hydrogen-bond donors (Lipinski definition) is 1. The quantitative estimate of drug-likeness (QED) is 0.613. The van der Waals surface area contributed by atoms with Crippen LogP contribution in [0.4, 0.5) is 4.39 Å². The molecule has 0 aliphatic heterocycles. The molecule has 0 saturated carbocycles. The number of amides is 1. The molecule has 0 aliphatic rings. The second-order valence-electron chi connectivity index (χ2n) is 2.65. The van der Waals surface area contributed by atoms with E-state index in [1.54, 1.807) is 0 Å². The van der Waals surface area contributed by atoms with Crippen molar-refractivity contribution in [3.63, 3.8) is 0 Å². The summed E-state index contributed by atoms with van der Waals surface area (Å²) in [5.74, 6) is -0.579. The Kier molecular flexibility index (Phi) is 4.32. The fourth-order valence-electron chi connectivity index (χ4n) is 0.923. The molecule has 0 saturated heterocycles. The van der Waals surface area contributed by atoms with Crippen molar-refractivity contribution in [1.29, 1.82) is 0 Å². The minimum Gasteiger partial charge on any atom is -0.352 e. The third-order valence-electron chi connectivity index (χ3n) is 1.61. The molecule has 76 valence electrons. The average molecular weight is 217 g/mol. The fourth-order valence-corrected chi connectivity index (χ4v) is 1.06. The van der Waals surface area contributed by atoms with Crippen molar-refractivity contribution >= 4 is 17.5 Å². The molecule has 1 rings (SSSR count). The van der Waals surface area contributed by atoms with Crippen molar-refractivity contribution in [1.82, 2.24) is 10.3 Å². The van der Waals surface area contributed by atoms with Crippen LogP contribution in [0.2, 0.25) is 0 Å². The number of carbonyl (C=O) groups excluding carboxylic acids is 1. The van der Waals surface area contributed by atoms with Gasteiger partial charge in [-0.25, -0.2) is 4.39 Å². The predicted molar refractivity (Wildman–Crippen MR) is 51.9 cm³/mol. The van der Waals surface area contributed by atoms with Crippen molar-refractivity contribution in [2.24, 2.45) is 0 Å². The van der Waals surface area contributed by atoms with Crippen LogP contribution in [0.5, 0.6) is 0 Å². The second-order valence-corrected chi connectivity index (χ2v) is 3.03. The molecule has 5 heteroatoms. The maximum atomic E-state index is 13.0. The van der Waals surface area contributed by atoms with Crippen LogP contribution in [-0.4, -0.2) is 23.3 Å². The standard InChI is InChI=1S/C9H10ClFN2O/c10-3-1-4-13-9(14)7-2-5-12-6-8(7)11/h2,5-6H,1,3-4H2,(H,13,14). The molecular weight excluding hydrogens is 207 g/mol. The molecule has 0 bridgehead atoms. The van der Waals surface area contributed by atoms with Gasteiger partial charge >= 0.3 is 0 Å². The van der Waals surface area contributed by atoms with Crippen LogP contribution in [0.1, 0.15) is 16.8 Å². The van der Waals surface area contributed by atoms with Gasteiger partial charge in [0.1, 0.15) is 0 Å². The largest absolute Gasteiger partial charge is 0.352 e. The van der Waals surface area contributed by atoms with E-state index in [4.69, 9.17) is 11.6 Å². The number of carbonyl (C=O) groups is 1. The van der Waals surface area contributed by atoms with Gasteiger partial charge in [-0.3, -0.25) is 9.78 Å². The van der Waals surface area contributed by atoms with E-state index in [0.717, 1.165) is 6.20 Å². The lowest BCUT2D eigenvalue weighted by Crippen LogP contribution is -2.25. The normalized spacial score (nSPS) is 9.86. The van der Waals surface area contributed by atoms with Crippen LogP contribution < -0.4 is 5.32 Å². The fraction of sp³-hybridized carbons (Fsp3) is 0.333. The van der Waals surface area contributed by atoms with Gasteiger partial charge in [-0.2, -0.15) is 0 Å². The molecule has 0 aromatic carbocycles. The number of nitrogens with one attached hydrogen (secondary N) is 1. The molecule has 0 unspecified atom stereocenters. The number of alkyl halides is 1. The van der Waals surface area contributed by atoms with E-state index < -0.39 is 11.7 Å². The van der Waals surface area contributed by atoms with Gasteiger partial charge in [-0.1, -0.05) is 0 Å². The summed E-state index contributed by atoms with van der Waals surface area (Å²) in [4.78, 5) is 14.9. The van der Waals surface area contributed by atoms with Gasteiger partial charge in [-0.05, 0) is 12.5 Å². The van der Waals surface area contributed by atoms with E-state index in [1.165, 1.54) is 12.3 Å². The molecule has 0 radical (unpaired) electrons. The molecule has 14 heavy (non-hydrogen) atoms. The molecule has 3 nitrogen and oxygen atoms in total. The van der Waals surface area contributed by atoms with E-state index >= 15 is 0 Å². The van der Waals surface area contributed by atoms with Gasteiger partial charge in [0.15, 0.2) is 5.82 Å². The topological polar surface area (TPSA) is 42.0 Å². The van der Waals surface area contributed by atoms with Crippen LogP contribution in [0.15, 0.2) is 18.5 Å². The SMILES string of the molecule is O=C(NCCCCl)c1ccncc1F. The van der Waals surface area contributed by atoms with Crippen LogP contribution >= 0.6 is 11.6 Å². The lowest BCUT2D eigenvalue weighted by molar-refractivity contribution is 0.0949. The van der Waals surface area contributed by atoms with Gasteiger partial charge in [0.2, 0.25) is 0 Å². The van der Waals surface area contributed by atoms with Crippen molar-refractivity contribution < 1.29 is 9.18 Å². The molecule has 1 amide bonds. The Morgan fingerprint density at radius 2 is 2.43 bits per heavy atom. The first-order valence-corrected chi connectivity index (χ1v) is 4.73. The summed E-state index contributed by atoms with van der Waals surface area (Å²) >= 11 is 5.43. The first kappa shape index (κ1) is 10.9. The average Bonchev–Trinajstić information content (AvgIpc) is 2.18. The molecule has 1 heterocycles. The monoisotopic (exact) mass is 216 g/mol. The number of rotatable bonds is 4. The van der Waals surface area contributed by atoms with Gasteiger partial charge in [0.25, 0.3) is 5.91 Å². The third-order valence-corrected chi connectivity index (χ3v) is 1.88. The summed E-state index contributed by atoms with van der Waals surface area (Å²) in [6, 6.07) is 1.34. The van der Waals surface area contributed by atoms with E-state index in [0.29, 0.717) is 18.8 Å². The molecule has 1 aromatic heterocycles. The Balaban J connectivity index is 2.56. The zero-order valence-electron chi connectivity index (χ0n) is 7.46. The molecule has 0 aliphatic carbocycles. The Bertz CT molecular complexity index is 319. The third kappa shape index (κ3) is 2.96. The highest BCUT2D eigenvalue weighted by Gasteiger charge is 2.09.